The molecule has 1 heterocycles. The van der Waals surface area contributed by atoms with E-state index in [1.165, 1.54) is 31.3 Å². The van der Waals surface area contributed by atoms with Crippen LogP contribution in [0.15, 0.2) is 47.6 Å². The fourth-order valence-electron chi connectivity index (χ4n) is 7.37. The molecule has 2 unspecified atom stereocenters. The van der Waals surface area contributed by atoms with Gasteiger partial charge in [0.15, 0.2) is 0 Å². The molecular formula is C29H42O4. The van der Waals surface area contributed by atoms with Gasteiger partial charge in [0.25, 0.3) is 0 Å². The molecule has 0 bridgehead atoms. The number of allylic oxidation sites excluding steroid dienone is 3. The number of rotatable bonds is 4. The summed E-state index contributed by atoms with van der Waals surface area (Å²) in [5, 5.41) is 20.8. The lowest BCUT2D eigenvalue weighted by atomic mass is 9.60. The van der Waals surface area contributed by atoms with Crippen LogP contribution in [0.25, 0.3) is 0 Å². The van der Waals surface area contributed by atoms with Crippen molar-refractivity contribution < 1.29 is 19.7 Å². The fraction of sp³-hybridized carbons (Fsp3) is 0.690. The molecule has 0 aromatic carbocycles. The van der Waals surface area contributed by atoms with Gasteiger partial charge in [-0.1, -0.05) is 58.6 Å². The molecule has 4 rings (SSSR count). The van der Waals surface area contributed by atoms with Crippen LogP contribution in [-0.4, -0.2) is 34.5 Å². The summed E-state index contributed by atoms with van der Waals surface area (Å²) in [7, 11) is 0. The van der Waals surface area contributed by atoms with Crippen LogP contribution >= 0.6 is 0 Å². The maximum Gasteiger partial charge on any atom is 0.334 e. The maximum atomic E-state index is 11.9. The Balaban J connectivity index is 1.49. The number of aliphatic hydroxyl groups excluding tert-OH is 2. The third-order valence-electron chi connectivity index (χ3n) is 9.76. The number of ether oxygens (including phenoxy) is 1. The lowest BCUT2D eigenvalue weighted by Gasteiger charge is -2.44. The highest BCUT2D eigenvalue weighted by atomic mass is 16.6. The van der Waals surface area contributed by atoms with Crippen LogP contribution in [0.4, 0.5) is 0 Å². The van der Waals surface area contributed by atoms with Crippen molar-refractivity contribution in [3.05, 3.63) is 47.6 Å². The molecule has 4 aliphatic rings. The first-order valence-corrected chi connectivity index (χ1v) is 12.9. The zero-order chi connectivity index (χ0) is 24.1. The monoisotopic (exact) mass is 454 g/mol. The summed E-state index contributed by atoms with van der Waals surface area (Å²) in [6, 6.07) is 0. The second kappa shape index (κ2) is 9.19. The summed E-state index contributed by atoms with van der Waals surface area (Å²) >= 11 is 0. The Morgan fingerprint density at radius 1 is 1.18 bits per heavy atom. The third kappa shape index (κ3) is 4.30. The molecule has 0 radical (unpaired) electrons. The predicted molar refractivity (Wildman–Crippen MR) is 131 cm³/mol. The minimum Gasteiger partial charge on any atom is -0.458 e. The maximum absolute atomic E-state index is 11.9. The van der Waals surface area contributed by atoms with Crippen LogP contribution in [0.5, 0.6) is 0 Å². The lowest BCUT2D eigenvalue weighted by Crippen LogP contribution is -2.37. The molecule has 0 aromatic heterocycles. The minimum atomic E-state index is -0.671. The number of aliphatic hydroxyl groups is 2. The van der Waals surface area contributed by atoms with E-state index in [1.807, 2.05) is 6.92 Å². The van der Waals surface area contributed by atoms with E-state index in [0.29, 0.717) is 29.7 Å². The Labute approximate surface area is 199 Å². The summed E-state index contributed by atoms with van der Waals surface area (Å²) in [5.41, 5.74) is 4.13. The summed E-state index contributed by atoms with van der Waals surface area (Å²) in [4.78, 5) is 11.9. The van der Waals surface area contributed by atoms with Crippen molar-refractivity contribution in [3.63, 3.8) is 0 Å². The molecule has 4 heteroatoms. The van der Waals surface area contributed by atoms with Gasteiger partial charge in [0.05, 0.1) is 12.2 Å². The molecule has 4 nitrogen and oxygen atoms in total. The highest BCUT2D eigenvalue weighted by molar-refractivity contribution is 5.90. The zero-order valence-corrected chi connectivity index (χ0v) is 20.8. The van der Waals surface area contributed by atoms with Gasteiger partial charge >= 0.3 is 5.97 Å². The van der Waals surface area contributed by atoms with Crippen molar-refractivity contribution in [1.29, 1.82) is 0 Å². The Bertz CT molecular complexity index is 882. The number of hydrogen-bond donors (Lipinski definition) is 2. The van der Waals surface area contributed by atoms with Crippen LogP contribution < -0.4 is 0 Å². The standard InChI is InChI=1S/C29H42O4/c1-16(14-26-17(2)18(3)28(32)33-26)23-11-12-24-21(8-7-13-29(23,24)6)9-10-22-15-25(30)20(5)27(31)19(22)4/h9-10,16-17,20,23-27,30-31H,3-4,7-8,11-15H2,1-2,5-6H3/b21-9+,22-10-/t16-,17?,20-,23-,24+,25-,26?,27-,29-/m1/s1. The summed E-state index contributed by atoms with van der Waals surface area (Å²) in [6.45, 7) is 16.8. The van der Waals surface area contributed by atoms with E-state index in [4.69, 9.17) is 4.74 Å². The van der Waals surface area contributed by atoms with Gasteiger partial charge in [0.2, 0.25) is 0 Å². The van der Waals surface area contributed by atoms with Gasteiger partial charge in [-0.25, -0.2) is 4.79 Å². The van der Waals surface area contributed by atoms with Crippen LogP contribution in [0.2, 0.25) is 0 Å². The summed E-state index contributed by atoms with van der Waals surface area (Å²) in [6.07, 6.45) is 10.6. The number of cyclic esters (lactones) is 1. The van der Waals surface area contributed by atoms with E-state index in [2.05, 4.69) is 46.1 Å². The second-order valence-corrected chi connectivity index (χ2v) is 11.6. The molecule has 1 aliphatic heterocycles. The normalized spacial score (nSPS) is 44.9. The topological polar surface area (TPSA) is 66.8 Å². The average Bonchev–Trinajstić information content (AvgIpc) is 3.25. The first-order chi connectivity index (χ1) is 15.5. The molecule has 3 saturated carbocycles. The summed E-state index contributed by atoms with van der Waals surface area (Å²) < 4.78 is 5.64. The molecule has 2 N–H and O–H groups in total. The van der Waals surface area contributed by atoms with Gasteiger partial charge in [-0.15, -0.1) is 0 Å². The molecule has 9 atom stereocenters. The van der Waals surface area contributed by atoms with E-state index in [0.717, 1.165) is 24.0 Å². The van der Waals surface area contributed by atoms with Crippen molar-refractivity contribution in [2.45, 2.75) is 91.0 Å². The van der Waals surface area contributed by atoms with E-state index < -0.39 is 12.2 Å². The molecule has 182 valence electrons. The number of carbonyl (C=O) groups is 1. The highest BCUT2D eigenvalue weighted by Gasteiger charge is 2.51. The molecule has 1 saturated heterocycles. The minimum absolute atomic E-state index is 0.0384. The van der Waals surface area contributed by atoms with Gasteiger partial charge in [-0.05, 0) is 79.3 Å². The van der Waals surface area contributed by atoms with Gasteiger partial charge < -0.3 is 14.9 Å². The zero-order valence-electron chi connectivity index (χ0n) is 20.8. The SMILES string of the molecule is C=C1C(=O)OC(C[C@@H](C)[C@H]2CC[C@H]3/C(=C/C=C4/C[C@@H](O)[C@@H](C)[C@H](O)C4=C)CCC[C@]23C)C1C. The predicted octanol–water partition coefficient (Wildman–Crippen LogP) is 5.52. The lowest BCUT2D eigenvalue weighted by molar-refractivity contribution is -0.140. The Morgan fingerprint density at radius 3 is 2.58 bits per heavy atom. The van der Waals surface area contributed by atoms with E-state index in [-0.39, 0.29) is 29.3 Å². The second-order valence-electron chi connectivity index (χ2n) is 11.6. The van der Waals surface area contributed by atoms with Gasteiger partial charge in [0, 0.05) is 17.4 Å². The van der Waals surface area contributed by atoms with Crippen molar-refractivity contribution in [1.82, 2.24) is 0 Å². The van der Waals surface area contributed by atoms with Crippen LogP contribution in [-0.2, 0) is 9.53 Å². The Morgan fingerprint density at radius 2 is 1.91 bits per heavy atom. The molecule has 0 spiro atoms. The van der Waals surface area contributed by atoms with Crippen molar-refractivity contribution in [2.24, 2.45) is 35.0 Å². The number of fused-ring (bicyclic) bond motifs is 1. The van der Waals surface area contributed by atoms with Crippen molar-refractivity contribution in [2.75, 3.05) is 0 Å². The number of carbonyl (C=O) groups excluding carboxylic acids is 1. The van der Waals surface area contributed by atoms with E-state index in [1.54, 1.807) is 0 Å². The molecule has 0 amide bonds. The number of esters is 1. The van der Waals surface area contributed by atoms with Crippen molar-refractivity contribution in [3.8, 4) is 0 Å². The third-order valence-corrected chi connectivity index (χ3v) is 9.76. The van der Waals surface area contributed by atoms with Crippen LogP contribution in [0.3, 0.4) is 0 Å². The van der Waals surface area contributed by atoms with Gasteiger partial charge in [-0.2, -0.15) is 0 Å². The van der Waals surface area contributed by atoms with Gasteiger partial charge in [-0.3, -0.25) is 0 Å². The fourth-order valence-corrected chi connectivity index (χ4v) is 7.37. The molecule has 0 aromatic rings. The Kier molecular flexibility index (Phi) is 6.81. The summed E-state index contributed by atoms with van der Waals surface area (Å²) in [5.74, 6) is 1.40. The molecular weight excluding hydrogens is 412 g/mol. The highest BCUT2D eigenvalue weighted by Crippen LogP contribution is 2.60. The molecule has 3 aliphatic carbocycles. The van der Waals surface area contributed by atoms with Crippen LogP contribution in [0.1, 0.15) is 72.6 Å². The van der Waals surface area contributed by atoms with Gasteiger partial charge in [0.1, 0.15) is 6.10 Å². The quantitative estimate of drug-likeness (QED) is 0.434. The molecule has 33 heavy (non-hydrogen) atoms. The van der Waals surface area contributed by atoms with E-state index >= 15 is 0 Å². The Hall–Kier alpha value is -1.65. The van der Waals surface area contributed by atoms with Crippen LogP contribution in [0, 0.1) is 35.0 Å². The largest absolute Gasteiger partial charge is 0.458 e. The van der Waals surface area contributed by atoms with Crippen molar-refractivity contribution >= 4 is 5.97 Å². The first kappa shape index (κ1) is 24.5. The number of hydrogen-bond acceptors (Lipinski definition) is 4. The average molecular weight is 455 g/mol. The van der Waals surface area contributed by atoms with E-state index in [9.17, 15) is 15.0 Å². The molecule has 4 fully saturated rings. The smallest absolute Gasteiger partial charge is 0.334 e. The first-order valence-electron chi connectivity index (χ1n) is 12.9.